The number of hydrazone groups is 1. The lowest BCUT2D eigenvalue weighted by atomic mass is 9.98. The Balaban J connectivity index is 1.27. The summed E-state index contributed by atoms with van der Waals surface area (Å²) in [5.41, 5.74) is 3.34. The molecule has 0 saturated carbocycles. The first kappa shape index (κ1) is 31.8. The predicted molar refractivity (Wildman–Crippen MR) is 181 cm³/mol. The number of hydrogen-bond acceptors (Lipinski definition) is 10. The largest absolute Gasteiger partial charge is 0.497 e. The average Bonchev–Trinajstić information content (AvgIpc) is 3.90. The van der Waals surface area contributed by atoms with Crippen LogP contribution in [0.15, 0.2) is 101 Å². The van der Waals surface area contributed by atoms with E-state index in [2.05, 4.69) is 15.5 Å². The number of hydrogen-bond donors (Lipinski definition) is 1. The fourth-order valence-corrected chi connectivity index (χ4v) is 6.65. The lowest BCUT2D eigenvalue weighted by Gasteiger charge is -2.22. The maximum atomic E-state index is 13.9. The van der Waals surface area contributed by atoms with Gasteiger partial charge < -0.3 is 19.5 Å². The number of thioether (sulfide) groups is 1. The molecule has 0 fully saturated rings. The minimum atomic E-state index is -0.304. The zero-order chi connectivity index (χ0) is 32.8. The number of methoxy groups -OCH3 is 3. The van der Waals surface area contributed by atoms with Gasteiger partial charge >= 0.3 is 0 Å². The quantitative estimate of drug-likeness (QED) is 0.167. The van der Waals surface area contributed by atoms with E-state index in [4.69, 9.17) is 19.3 Å². The number of ether oxygens (including phenoxy) is 3. The van der Waals surface area contributed by atoms with Crippen LogP contribution in [0, 0.1) is 0 Å². The second-order valence-corrected chi connectivity index (χ2v) is 12.3. The van der Waals surface area contributed by atoms with E-state index in [-0.39, 0.29) is 30.2 Å². The highest BCUT2D eigenvalue weighted by Gasteiger charge is 2.33. The summed E-state index contributed by atoms with van der Waals surface area (Å²) in [5, 5.41) is 20.4. The summed E-state index contributed by atoms with van der Waals surface area (Å²) in [6, 6.07) is 26.1. The Morgan fingerprint density at radius 3 is 2.30 bits per heavy atom. The van der Waals surface area contributed by atoms with Crippen LogP contribution in [0.4, 0.5) is 0 Å². The van der Waals surface area contributed by atoms with E-state index < -0.39 is 0 Å². The Hall–Kier alpha value is -5.14. The fraction of sp³-hybridized carbons (Fsp3) is 0.206. The van der Waals surface area contributed by atoms with Crippen LogP contribution in [-0.4, -0.2) is 64.4 Å². The highest BCUT2D eigenvalue weighted by atomic mass is 32.2. The van der Waals surface area contributed by atoms with Crippen molar-refractivity contribution in [3.63, 3.8) is 0 Å². The van der Waals surface area contributed by atoms with Crippen molar-refractivity contribution in [1.29, 1.82) is 0 Å². The molecule has 11 nitrogen and oxygen atoms in total. The first-order valence-corrected chi connectivity index (χ1v) is 16.6. The average molecular weight is 669 g/mol. The van der Waals surface area contributed by atoms with Crippen molar-refractivity contribution in [3.8, 4) is 22.9 Å². The van der Waals surface area contributed by atoms with E-state index >= 15 is 0 Å². The summed E-state index contributed by atoms with van der Waals surface area (Å²) in [6.45, 7) is 0.122. The second kappa shape index (κ2) is 14.5. The maximum absolute atomic E-state index is 13.9. The summed E-state index contributed by atoms with van der Waals surface area (Å²) in [7, 11) is 4.83. The Kier molecular flexibility index (Phi) is 9.83. The van der Waals surface area contributed by atoms with Gasteiger partial charge in [-0.3, -0.25) is 14.2 Å². The van der Waals surface area contributed by atoms with E-state index in [9.17, 15) is 9.59 Å². The van der Waals surface area contributed by atoms with E-state index in [1.165, 1.54) is 23.1 Å². The third-order valence-electron chi connectivity index (χ3n) is 7.59. The van der Waals surface area contributed by atoms with Crippen molar-refractivity contribution in [2.45, 2.75) is 24.2 Å². The van der Waals surface area contributed by atoms with Crippen LogP contribution in [0.25, 0.3) is 5.69 Å². The van der Waals surface area contributed by atoms with Gasteiger partial charge in [-0.05, 0) is 71.1 Å². The molecule has 3 heterocycles. The molecule has 240 valence electrons. The van der Waals surface area contributed by atoms with Crippen LogP contribution in [0.2, 0.25) is 0 Å². The van der Waals surface area contributed by atoms with Crippen molar-refractivity contribution < 1.29 is 23.8 Å². The molecule has 1 aliphatic heterocycles. The summed E-state index contributed by atoms with van der Waals surface area (Å²) in [6.07, 6.45) is 0.542. The first-order valence-electron chi connectivity index (χ1n) is 14.7. The number of aromatic nitrogens is 3. The highest BCUT2D eigenvalue weighted by molar-refractivity contribution is 7.99. The van der Waals surface area contributed by atoms with Gasteiger partial charge in [0.2, 0.25) is 0 Å². The molecule has 47 heavy (non-hydrogen) atoms. The second-order valence-electron chi connectivity index (χ2n) is 10.4. The molecule has 0 saturated heterocycles. The molecule has 2 amide bonds. The minimum Gasteiger partial charge on any atom is -0.497 e. The topological polar surface area (TPSA) is 120 Å². The van der Waals surface area contributed by atoms with Gasteiger partial charge in [-0.15, -0.1) is 21.5 Å². The van der Waals surface area contributed by atoms with Gasteiger partial charge in [0.25, 0.3) is 11.8 Å². The highest BCUT2D eigenvalue weighted by Crippen LogP contribution is 2.35. The van der Waals surface area contributed by atoms with Crippen LogP contribution in [0.3, 0.4) is 0 Å². The Bertz CT molecular complexity index is 1870. The summed E-state index contributed by atoms with van der Waals surface area (Å²) in [4.78, 5) is 27.2. The fourth-order valence-electron chi connectivity index (χ4n) is 5.20. The molecule has 1 N–H and O–H groups in total. The molecule has 0 aliphatic carbocycles. The van der Waals surface area contributed by atoms with E-state index in [1.54, 1.807) is 32.4 Å². The molecule has 3 aromatic carbocycles. The Labute approximate surface area is 280 Å². The van der Waals surface area contributed by atoms with E-state index in [0.717, 1.165) is 28.3 Å². The molecule has 0 unspecified atom stereocenters. The van der Waals surface area contributed by atoms with Crippen LogP contribution >= 0.6 is 23.1 Å². The number of benzene rings is 3. The van der Waals surface area contributed by atoms with Gasteiger partial charge in [-0.1, -0.05) is 42.1 Å². The molecule has 6 rings (SSSR count). The van der Waals surface area contributed by atoms with Crippen LogP contribution in [-0.2, 0) is 11.3 Å². The third kappa shape index (κ3) is 7.00. The zero-order valence-electron chi connectivity index (χ0n) is 26.0. The maximum Gasteiger partial charge on any atom is 0.261 e. The van der Waals surface area contributed by atoms with E-state index in [0.29, 0.717) is 33.7 Å². The van der Waals surface area contributed by atoms with Crippen LogP contribution < -0.4 is 19.5 Å². The lowest BCUT2D eigenvalue weighted by Crippen LogP contribution is -2.28. The van der Waals surface area contributed by atoms with Gasteiger partial charge in [0.1, 0.15) is 17.2 Å². The van der Waals surface area contributed by atoms with Crippen LogP contribution in [0.1, 0.15) is 39.1 Å². The number of carbonyl (C=O) groups excluding carboxylic acids is 2. The van der Waals surface area contributed by atoms with E-state index in [1.807, 2.05) is 88.8 Å². The number of para-hydroxylation sites is 2. The monoisotopic (exact) mass is 668 g/mol. The molecule has 13 heteroatoms. The predicted octanol–water partition coefficient (Wildman–Crippen LogP) is 5.75. The molecule has 2 aromatic heterocycles. The summed E-state index contributed by atoms with van der Waals surface area (Å²) < 4.78 is 18.1. The van der Waals surface area contributed by atoms with Gasteiger partial charge in [-0.25, -0.2) is 5.01 Å². The van der Waals surface area contributed by atoms with Crippen molar-refractivity contribution in [1.82, 2.24) is 25.1 Å². The van der Waals surface area contributed by atoms with Crippen molar-refractivity contribution in [3.05, 3.63) is 112 Å². The third-order valence-corrected chi connectivity index (χ3v) is 9.38. The standard InChI is InChI=1S/C34H32N6O5S2/c1-43-24-14-10-22(11-15-24)26-19-28(23-12-16-25(44-2)17-13-23)40(38-26)32(41)21-47-34-37-36-31(20-35-33(42)30-9-6-18-46-30)39(34)27-7-4-5-8-29(27)45-3/h4-18,28H,19-21H2,1-3H3,(H,35,42)/t28-/m1/s1. The number of carbonyl (C=O) groups is 2. The molecular formula is C34H32N6O5S2. The molecule has 0 spiro atoms. The molecule has 1 atom stereocenters. The summed E-state index contributed by atoms with van der Waals surface area (Å²) in [5.74, 6) is 2.21. The smallest absolute Gasteiger partial charge is 0.261 e. The first-order chi connectivity index (χ1) is 23.0. The number of thiophene rings is 1. The number of nitrogens with one attached hydrogen (secondary N) is 1. The number of amides is 2. The molecule has 1 aliphatic rings. The molecule has 0 radical (unpaired) electrons. The van der Waals surface area contributed by atoms with Crippen molar-refractivity contribution in [2.24, 2.45) is 5.10 Å². The Morgan fingerprint density at radius 2 is 1.62 bits per heavy atom. The normalized spacial score (nSPS) is 14.1. The summed E-state index contributed by atoms with van der Waals surface area (Å²) >= 11 is 2.60. The molecular weight excluding hydrogens is 637 g/mol. The van der Waals surface area contributed by atoms with Gasteiger partial charge in [0.15, 0.2) is 11.0 Å². The number of nitrogens with zero attached hydrogens (tertiary/aromatic N) is 5. The number of rotatable bonds is 12. The lowest BCUT2D eigenvalue weighted by molar-refractivity contribution is -0.130. The minimum absolute atomic E-state index is 0.0425. The Morgan fingerprint density at radius 1 is 0.894 bits per heavy atom. The van der Waals surface area contributed by atoms with Gasteiger partial charge in [0, 0.05) is 6.42 Å². The molecule has 5 aromatic rings. The van der Waals surface area contributed by atoms with Crippen molar-refractivity contribution >= 4 is 40.6 Å². The zero-order valence-corrected chi connectivity index (χ0v) is 27.6. The molecule has 0 bridgehead atoms. The van der Waals surface area contributed by atoms with Crippen LogP contribution in [0.5, 0.6) is 17.2 Å². The SMILES string of the molecule is COc1ccc(C2=NN(C(=O)CSc3nnc(CNC(=O)c4cccs4)n3-c3ccccc3OC)[C@@H](c3ccc(OC)cc3)C2)cc1. The van der Waals surface area contributed by atoms with Gasteiger partial charge in [0.05, 0.1) is 55.9 Å². The van der Waals surface area contributed by atoms with Gasteiger partial charge in [-0.2, -0.15) is 5.10 Å². The van der Waals surface area contributed by atoms with Crippen molar-refractivity contribution in [2.75, 3.05) is 27.1 Å².